The predicted molar refractivity (Wildman–Crippen MR) is 93.3 cm³/mol. The second-order valence-corrected chi connectivity index (χ2v) is 7.47. The van der Waals surface area contributed by atoms with E-state index in [9.17, 15) is 9.59 Å². The lowest BCUT2D eigenvalue weighted by atomic mass is 10.2. The molecule has 0 bridgehead atoms. The van der Waals surface area contributed by atoms with E-state index in [-0.39, 0.29) is 23.1 Å². The Labute approximate surface area is 150 Å². The smallest absolute Gasteiger partial charge is 0.243 e. The first-order valence-corrected chi connectivity index (χ1v) is 9.41. The van der Waals surface area contributed by atoms with E-state index in [1.54, 1.807) is 41.6 Å². The molecule has 1 aliphatic carbocycles. The number of hydrogen-bond acceptors (Lipinski definition) is 5. The minimum absolute atomic E-state index is 0.0710. The average molecular weight is 357 g/mol. The Balaban J connectivity index is 1.49. The van der Waals surface area contributed by atoms with Crippen molar-refractivity contribution in [3.8, 4) is 0 Å². The van der Waals surface area contributed by atoms with Gasteiger partial charge in [-0.2, -0.15) is 0 Å². The summed E-state index contributed by atoms with van der Waals surface area (Å²) in [5, 5.41) is 2.79. The standard InChI is InChI=1S/C18H19N3O3S/c22-16(20-9-12-2-1-6-19-8-12)15-11-25-18(14-5-7-24-10-14)21(15)17(23)13-3-4-13/h1-2,5-8,10,13,15,18H,3-4,9,11H2,(H,20,22)/t15-,18-/m0/s1. The maximum absolute atomic E-state index is 12.8. The summed E-state index contributed by atoms with van der Waals surface area (Å²) in [7, 11) is 0. The molecule has 2 amide bonds. The molecule has 7 heteroatoms. The van der Waals surface area contributed by atoms with Crippen LogP contribution in [0.3, 0.4) is 0 Å². The zero-order valence-electron chi connectivity index (χ0n) is 13.6. The van der Waals surface area contributed by atoms with Crippen LogP contribution in [0.5, 0.6) is 0 Å². The van der Waals surface area contributed by atoms with Gasteiger partial charge >= 0.3 is 0 Å². The van der Waals surface area contributed by atoms with Gasteiger partial charge in [-0.3, -0.25) is 14.6 Å². The van der Waals surface area contributed by atoms with Gasteiger partial charge in [0, 0.05) is 36.2 Å². The fraction of sp³-hybridized carbons (Fsp3) is 0.389. The van der Waals surface area contributed by atoms with Crippen molar-refractivity contribution in [1.82, 2.24) is 15.2 Å². The monoisotopic (exact) mass is 357 g/mol. The lowest BCUT2D eigenvalue weighted by Gasteiger charge is -2.28. The molecule has 6 nitrogen and oxygen atoms in total. The van der Waals surface area contributed by atoms with E-state index in [0.717, 1.165) is 24.0 Å². The fourth-order valence-corrected chi connectivity index (χ4v) is 4.42. The van der Waals surface area contributed by atoms with Crippen LogP contribution >= 0.6 is 11.8 Å². The maximum Gasteiger partial charge on any atom is 0.243 e. The lowest BCUT2D eigenvalue weighted by Crippen LogP contribution is -2.48. The highest BCUT2D eigenvalue weighted by atomic mass is 32.2. The van der Waals surface area contributed by atoms with Gasteiger partial charge in [-0.15, -0.1) is 11.8 Å². The number of carbonyl (C=O) groups excluding carboxylic acids is 2. The fourth-order valence-electron chi connectivity index (χ4n) is 3.00. The van der Waals surface area contributed by atoms with Crippen molar-refractivity contribution in [3.63, 3.8) is 0 Å². The van der Waals surface area contributed by atoms with Crippen molar-refractivity contribution in [1.29, 1.82) is 0 Å². The SMILES string of the molecule is O=C(NCc1cccnc1)[C@@H]1CS[C@@H](c2ccoc2)N1C(=O)C1CC1. The molecular formula is C18H19N3O3S. The molecule has 2 aromatic heterocycles. The van der Waals surface area contributed by atoms with Crippen LogP contribution in [0.1, 0.15) is 29.3 Å². The van der Waals surface area contributed by atoms with Gasteiger partial charge in [-0.25, -0.2) is 0 Å². The third-order valence-corrected chi connectivity index (χ3v) is 5.83. The number of rotatable bonds is 5. The molecule has 1 saturated carbocycles. The number of nitrogens with one attached hydrogen (secondary N) is 1. The predicted octanol–water partition coefficient (Wildman–Crippen LogP) is 2.34. The first-order chi connectivity index (χ1) is 12.2. The molecule has 1 saturated heterocycles. The van der Waals surface area contributed by atoms with Crippen LogP contribution in [0, 0.1) is 5.92 Å². The molecule has 130 valence electrons. The number of nitrogens with zero attached hydrogens (tertiary/aromatic N) is 2. The highest BCUT2D eigenvalue weighted by Crippen LogP contribution is 2.45. The van der Waals surface area contributed by atoms with Crippen LogP contribution in [0.2, 0.25) is 0 Å². The van der Waals surface area contributed by atoms with Crippen molar-refractivity contribution in [2.45, 2.75) is 30.8 Å². The van der Waals surface area contributed by atoms with Crippen LogP contribution in [0.25, 0.3) is 0 Å². The van der Waals surface area contributed by atoms with E-state index < -0.39 is 6.04 Å². The highest BCUT2D eigenvalue weighted by Gasteiger charge is 2.46. The number of furan rings is 1. The van der Waals surface area contributed by atoms with Crippen molar-refractivity contribution in [2.24, 2.45) is 5.92 Å². The van der Waals surface area contributed by atoms with Crippen LogP contribution in [0.4, 0.5) is 0 Å². The van der Waals surface area contributed by atoms with Gasteiger partial charge in [0.1, 0.15) is 11.4 Å². The van der Waals surface area contributed by atoms with E-state index in [0.29, 0.717) is 12.3 Å². The Morgan fingerprint density at radius 1 is 1.36 bits per heavy atom. The summed E-state index contributed by atoms with van der Waals surface area (Å²) in [6.07, 6.45) is 8.52. The van der Waals surface area contributed by atoms with Crippen molar-refractivity contribution in [3.05, 3.63) is 54.2 Å². The number of thioether (sulfide) groups is 1. The average Bonchev–Trinajstić information content (AvgIpc) is 3.17. The Bertz CT molecular complexity index is 746. The molecule has 2 atom stereocenters. The first kappa shape index (κ1) is 16.2. The van der Waals surface area contributed by atoms with Crippen LogP contribution in [0.15, 0.2) is 47.5 Å². The van der Waals surface area contributed by atoms with Crippen LogP contribution < -0.4 is 5.32 Å². The topological polar surface area (TPSA) is 75.4 Å². The molecule has 1 aliphatic heterocycles. The van der Waals surface area contributed by atoms with E-state index in [4.69, 9.17) is 4.42 Å². The Kier molecular flexibility index (Phi) is 4.48. The van der Waals surface area contributed by atoms with Crippen molar-refractivity contribution < 1.29 is 14.0 Å². The summed E-state index contributed by atoms with van der Waals surface area (Å²) in [5.41, 5.74) is 1.87. The van der Waals surface area contributed by atoms with Crippen molar-refractivity contribution in [2.75, 3.05) is 5.75 Å². The molecule has 0 unspecified atom stereocenters. The highest BCUT2D eigenvalue weighted by molar-refractivity contribution is 7.99. The van der Waals surface area contributed by atoms with E-state index in [1.807, 2.05) is 18.2 Å². The van der Waals surface area contributed by atoms with Crippen LogP contribution in [-0.4, -0.2) is 33.5 Å². The van der Waals surface area contributed by atoms with E-state index >= 15 is 0 Å². The summed E-state index contributed by atoms with van der Waals surface area (Å²) < 4.78 is 5.17. The number of carbonyl (C=O) groups is 2. The van der Waals surface area contributed by atoms with Gasteiger partial charge < -0.3 is 14.6 Å². The minimum Gasteiger partial charge on any atom is -0.472 e. The number of pyridine rings is 1. The lowest BCUT2D eigenvalue weighted by molar-refractivity contribution is -0.140. The molecule has 2 fully saturated rings. The normalized spacial score (nSPS) is 22.8. The number of aromatic nitrogens is 1. The minimum atomic E-state index is -0.449. The quantitative estimate of drug-likeness (QED) is 0.889. The molecule has 4 rings (SSSR count). The number of hydrogen-bond donors (Lipinski definition) is 1. The van der Waals surface area contributed by atoms with Crippen molar-refractivity contribution >= 4 is 23.6 Å². The summed E-state index contributed by atoms with van der Waals surface area (Å²) in [6, 6.07) is 5.17. The van der Waals surface area contributed by atoms with Gasteiger partial charge in [0.25, 0.3) is 0 Å². The Morgan fingerprint density at radius 2 is 2.24 bits per heavy atom. The third kappa shape index (κ3) is 3.42. The van der Waals surface area contributed by atoms with E-state index in [2.05, 4.69) is 10.3 Å². The zero-order valence-corrected chi connectivity index (χ0v) is 14.4. The summed E-state index contributed by atoms with van der Waals surface area (Å²) in [5.74, 6) is 0.628. The summed E-state index contributed by atoms with van der Waals surface area (Å²) in [4.78, 5) is 31.3. The molecule has 0 spiro atoms. The largest absolute Gasteiger partial charge is 0.472 e. The Morgan fingerprint density at radius 3 is 2.92 bits per heavy atom. The molecule has 0 aromatic carbocycles. The van der Waals surface area contributed by atoms with Gasteiger partial charge in [-0.1, -0.05) is 6.07 Å². The summed E-state index contributed by atoms with van der Waals surface area (Å²) in [6.45, 7) is 0.412. The van der Waals surface area contributed by atoms with Gasteiger partial charge in [0.2, 0.25) is 11.8 Å². The van der Waals surface area contributed by atoms with Gasteiger partial charge in [0.05, 0.1) is 12.5 Å². The first-order valence-electron chi connectivity index (χ1n) is 8.36. The third-order valence-electron chi connectivity index (χ3n) is 4.50. The van der Waals surface area contributed by atoms with Gasteiger partial charge in [-0.05, 0) is 30.5 Å². The number of amides is 2. The molecule has 2 aromatic rings. The van der Waals surface area contributed by atoms with E-state index in [1.165, 1.54) is 0 Å². The second kappa shape index (κ2) is 6.92. The molecule has 1 N–H and O–H groups in total. The molecule has 2 aliphatic rings. The molecule has 3 heterocycles. The molecule has 25 heavy (non-hydrogen) atoms. The molecular weight excluding hydrogens is 338 g/mol. The second-order valence-electron chi connectivity index (χ2n) is 6.36. The van der Waals surface area contributed by atoms with Crippen LogP contribution in [-0.2, 0) is 16.1 Å². The Hall–Kier alpha value is -2.28. The molecule has 0 radical (unpaired) electrons. The maximum atomic E-state index is 12.8. The zero-order chi connectivity index (χ0) is 17.2. The summed E-state index contributed by atoms with van der Waals surface area (Å²) >= 11 is 1.61. The van der Waals surface area contributed by atoms with Gasteiger partial charge in [0.15, 0.2) is 0 Å².